The summed E-state index contributed by atoms with van der Waals surface area (Å²) in [6.45, 7) is 0. The molecule has 0 unspecified atom stereocenters. The fourth-order valence-electron chi connectivity index (χ4n) is 0.667. The number of carbonyl (C=O) groups excluding carboxylic acids is 1. The van der Waals surface area contributed by atoms with Crippen molar-refractivity contribution in [3.8, 4) is 12.3 Å². The number of alkyl halides is 4. The molecule has 2 atom stereocenters. The van der Waals surface area contributed by atoms with Gasteiger partial charge in [-0.2, -0.15) is 13.2 Å². The Hall–Kier alpha value is -1.99. The standard InChI is InChI=1S/C8H11ClN2O3.C2HF3O2/c1-2-3-6(8(13)14)11-7(12)5(10)4-9;3-2(4,5)1(6)7/h1,5-6H,3-4,10H2,(H,11,12)(H,13,14);(H,6,7)/t5-,6-;/m0./s1. The second-order valence-corrected chi connectivity index (χ2v) is 3.68. The first-order chi connectivity index (χ1) is 9.47. The van der Waals surface area contributed by atoms with Crippen molar-refractivity contribution >= 4 is 29.4 Å². The van der Waals surface area contributed by atoms with Crippen LogP contribution in [0.5, 0.6) is 0 Å². The average molecular weight is 333 g/mol. The van der Waals surface area contributed by atoms with Gasteiger partial charge in [-0.3, -0.25) is 4.79 Å². The molecule has 0 aromatic rings. The molecular weight excluding hydrogens is 321 g/mol. The first-order valence-electron chi connectivity index (χ1n) is 5.05. The van der Waals surface area contributed by atoms with E-state index in [9.17, 15) is 22.8 Å². The summed E-state index contributed by atoms with van der Waals surface area (Å²) in [4.78, 5) is 30.6. The number of hydrogen-bond donors (Lipinski definition) is 4. The van der Waals surface area contributed by atoms with Crippen molar-refractivity contribution in [2.45, 2.75) is 24.7 Å². The molecule has 0 aliphatic rings. The van der Waals surface area contributed by atoms with E-state index in [0.717, 1.165) is 0 Å². The maximum atomic E-state index is 11.1. The Morgan fingerprint density at radius 2 is 1.76 bits per heavy atom. The van der Waals surface area contributed by atoms with Crippen LogP contribution < -0.4 is 11.1 Å². The third kappa shape index (κ3) is 10.5. The topological polar surface area (TPSA) is 130 Å². The largest absolute Gasteiger partial charge is 0.490 e. The Balaban J connectivity index is 0. The van der Waals surface area contributed by atoms with Gasteiger partial charge >= 0.3 is 18.1 Å². The first-order valence-corrected chi connectivity index (χ1v) is 5.59. The molecule has 0 heterocycles. The maximum absolute atomic E-state index is 11.1. The Labute approximate surface area is 122 Å². The van der Waals surface area contributed by atoms with Gasteiger partial charge in [0, 0.05) is 12.3 Å². The monoisotopic (exact) mass is 332 g/mol. The van der Waals surface area contributed by atoms with E-state index in [2.05, 4.69) is 11.2 Å². The van der Waals surface area contributed by atoms with Gasteiger partial charge in [0.2, 0.25) is 5.91 Å². The molecule has 1 amide bonds. The SMILES string of the molecule is C#CC[C@H](NC(=O)[C@@H](N)CCl)C(=O)O.O=C(O)C(F)(F)F. The summed E-state index contributed by atoms with van der Waals surface area (Å²) in [5.41, 5.74) is 5.27. The molecule has 0 saturated heterocycles. The summed E-state index contributed by atoms with van der Waals surface area (Å²) in [5, 5.41) is 17.9. The Bertz CT molecular complexity index is 422. The molecule has 0 spiro atoms. The fraction of sp³-hybridized carbons (Fsp3) is 0.500. The Morgan fingerprint density at radius 3 is 2.00 bits per heavy atom. The van der Waals surface area contributed by atoms with Gasteiger partial charge in [-0.1, -0.05) is 0 Å². The summed E-state index contributed by atoms with van der Waals surface area (Å²) in [6, 6.07) is -2.03. The predicted molar refractivity (Wildman–Crippen MR) is 65.4 cm³/mol. The quantitative estimate of drug-likeness (QED) is 0.407. The van der Waals surface area contributed by atoms with Gasteiger partial charge in [-0.25, -0.2) is 9.59 Å². The minimum atomic E-state index is -5.08. The van der Waals surface area contributed by atoms with Gasteiger partial charge in [0.05, 0.1) is 6.04 Å². The summed E-state index contributed by atoms with van der Waals surface area (Å²) in [5.74, 6) is -2.51. The number of halogens is 4. The van der Waals surface area contributed by atoms with Crippen LogP contribution in [0.25, 0.3) is 0 Å². The maximum Gasteiger partial charge on any atom is 0.490 e. The van der Waals surface area contributed by atoms with Crippen molar-refractivity contribution in [1.29, 1.82) is 0 Å². The smallest absolute Gasteiger partial charge is 0.480 e. The average Bonchev–Trinajstić information content (AvgIpc) is 2.36. The lowest BCUT2D eigenvalue weighted by Gasteiger charge is -2.14. The van der Waals surface area contributed by atoms with Crippen LogP contribution in [-0.4, -0.2) is 52.2 Å². The van der Waals surface area contributed by atoms with Crippen LogP contribution in [0.1, 0.15) is 6.42 Å². The highest BCUT2D eigenvalue weighted by atomic mass is 35.5. The second-order valence-electron chi connectivity index (χ2n) is 3.37. The molecule has 5 N–H and O–H groups in total. The molecule has 21 heavy (non-hydrogen) atoms. The van der Waals surface area contributed by atoms with E-state index in [1.54, 1.807) is 0 Å². The van der Waals surface area contributed by atoms with Gasteiger partial charge in [-0.15, -0.1) is 23.9 Å². The highest BCUT2D eigenvalue weighted by molar-refractivity contribution is 6.19. The number of rotatable bonds is 5. The molecule has 120 valence electrons. The number of carbonyl (C=O) groups is 3. The zero-order valence-corrected chi connectivity index (χ0v) is 11.1. The minimum Gasteiger partial charge on any atom is -0.480 e. The second kappa shape index (κ2) is 9.84. The van der Waals surface area contributed by atoms with Crippen molar-refractivity contribution in [3.05, 3.63) is 0 Å². The number of terminal acetylenes is 1. The van der Waals surface area contributed by atoms with E-state index in [4.69, 9.17) is 38.8 Å². The van der Waals surface area contributed by atoms with Crippen LogP contribution >= 0.6 is 11.6 Å². The van der Waals surface area contributed by atoms with Crippen molar-refractivity contribution in [2.75, 3.05) is 5.88 Å². The molecule has 11 heteroatoms. The number of amides is 1. The van der Waals surface area contributed by atoms with Crippen molar-refractivity contribution < 1.29 is 37.8 Å². The lowest BCUT2D eigenvalue weighted by atomic mass is 10.2. The van der Waals surface area contributed by atoms with E-state index >= 15 is 0 Å². The third-order valence-corrected chi connectivity index (χ3v) is 2.01. The molecule has 0 bridgehead atoms. The number of nitrogens with two attached hydrogens (primary N) is 1. The lowest BCUT2D eigenvalue weighted by Crippen LogP contribution is -2.49. The molecule has 7 nitrogen and oxygen atoms in total. The predicted octanol–water partition coefficient (Wildman–Crippen LogP) is -0.222. The van der Waals surface area contributed by atoms with E-state index in [0.29, 0.717) is 0 Å². The lowest BCUT2D eigenvalue weighted by molar-refractivity contribution is -0.192. The molecule has 0 aromatic carbocycles. The van der Waals surface area contributed by atoms with Crippen LogP contribution in [0.15, 0.2) is 0 Å². The van der Waals surface area contributed by atoms with Gasteiger partial charge in [0.15, 0.2) is 0 Å². The minimum absolute atomic E-state index is 0.0752. The molecule has 0 radical (unpaired) electrons. The molecule has 0 aromatic heterocycles. The molecule has 0 aliphatic heterocycles. The van der Waals surface area contributed by atoms with Crippen LogP contribution in [0.2, 0.25) is 0 Å². The number of hydrogen-bond acceptors (Lipinski definition) is 4. The van der Waals surface area contributed by atoms with Crippen LogP contribution in [0.3, 0.4) is 0 Å². The van der Waals surface area contributed by atoms with Crippen molar-refractivity contribution in [2.24, 2.45) is 5.73 Å². The number of aliphatic carboxylic acids is 2. The Kier molecular flexibility index (Phi) is 9.99. The van der Waals surface area contributed by atoms with Crippen molar-refractivity contribution in [3.63, 3.8) is 0 Å². The van der Waals surface area contributed by atoms with Crippen molar-refractivity contribution in [1.82, 2.24) is 5.32 Å². The Morgan fingerprint density at radius 1 is 1.33 bits per heavy atom. The fourth-order valence-corrected chi connectivity index (χ4v) is 0.807. The van der Waals surface area contributed by atoms with Crippen LogP contribution in [0, 0.1) is 12.3 Å². The normalized spacial score (nSPS) is 13.0. The molecular formula is C10H12ClF3N2O5. The van der Waals surface area contributed by atoms with Gasteiger partial charge < -0.3 is 21.3 Å². The number of carboxylic acids is 2. The summed E-state index contributed by atoms with van der Waals surface area (Å²) in [6.07, 6.45) is -0.241. The first kappa shape index (κ1) is 21.3. The summed E-state index contributed by atoms with van der Waals surface area (Å²) in [7, 11) is 0. The number of nitrogens with one attached hydrogen (secondary N) is 1. The summed E-state index contributed by atoms with van der Waals surface area (Å²) < 4.78 is 31.7. The highest BCUT2D eigenvalue weighted by Crippen LogP contribution is 2.13. The number of carboxylic acid groups (broad SMARTS) is 2. The van der Waals surface area contributed by atoms with E-state index in [-0.39, 0.29) is 12.3 Å². The molecule has 0 rings (SSSR count). The highest BCUT2D eigenvalue weighted by Gasteiger charge is 2.38. The van der Waals surface area contributed by atoms with E-state index in [1.807, 2.05) is 0 Å². The molecule has 0 aliphatic carbocycles. The van der Waals surface area contributed by atoms with Crippen LogP contribution in [0.4, 0.5) is 13.2 Å². The van der Waals surface area contributed by atoms with Gasteiger partial charge in [0.1, 0.15) is 6.04 Å². The van der Waals surface area contributed by atoms with E-state index in [1.165, 1.54) is 0 Å². The zero-order chi connectivity index (χ0) is 17.2. The molecule has 0 fully saturated rings. The van der Waals surface area contributed by atoms with Crippen LogP contribution in [-0.2, 0) is 14.4 Å². The third-order valence-electron chi connectivity index (χ3n) is 1.68. The zero-order valence-electron chi connectivity index (χ0n) is 10.4. The van der Waals surface area contributed by atoms with E-state index < -0.39 is 36.1 Å². The van der Waals surface area contributed by atoms with Gasteiger partial charge in [0.25, 0.3) is 0 Å². The molecule has 0 saturated carbocycles. The van der Waals surface area contributed by atoms with Gasteiger partial charge in [-0.05, 0) is 0 Å². The summed E-state index contributed by atoms with van der Waals surface area (Å²) >= 11 is 5.31.